The largest absolute Gasteiger partial charge is 0.461 e. The van der Waals surface area contributed by atoms with Gasteiger partial charge in [-0.15, -0.1) is 0 Å². The lowest BCUT2D eigenvalue weighted by Crippen LogP contribution is -2.49. The molecule has 3 aliphatic heterocycles. The van der Waals surface area contributed by atoms with Crippen LogP contribution in [0.3, 0.4) is 0 Å². The molecule has 2 atom stereocenters. The minimum atomic E-state index is -4.72. The van der Waals surface area contributed by atoms with Crippen molar-refractivity contribution in [2.75, 3.05) is 26.5 Å². The van der Waals surface area contributed by atoms with Crippen molar-refractivity contribution in [2.24, 2.45) is 5.92 Å². The highest BCUT2D eigenvalue weighted by atomic mass is 19.4. The van der Waals surface area contributed by atoms with Gasteiger partial charge in [0.25, 0.3) is 0 Å². The number of aromatic nitrogens is 3. The Hall–Kier alpha value is -3.34. The van der Waals surface area contributed by atoms with Gasteiger partial charge in [0.1, 0.15) is 0 Å². The molecule has 2 unspecified atom stereocenters. The van der Waals surface area contributed by atoms with Gasteiger partial charge in [0.15, 0.2) is 28.5 Å². The second-order valence-corrected chi connectivity index (χ2v) is 9.49. The lowest BCUT2D eigenvalue weighted by molar-refractivity contribution is -0.142. The lowest BCUT2D eigenvalue weighted by atomic mass is 9.84. The van der Waals surface area contributed by atoms with Gasteiger partial charge in [-0.25, -0.2) is 14.3 Å². The fraction of sp³-hybridized carbons (Fsp3) is 0.480. The molecule has 0 radical (unpaired) electrons. The molecule has 1 aromatic carbocycles. The lowest BCUT2D eigenvalue weighted by Gasteiger charge is -2.44. The predicted molar refractivity (Wildman–Crippen MR) is 122 cm³/mol. The number of esters is 1. The fourth-order valence-corrected chi connectivity index (χ4v) is 5.51. The zero-order chi connectivity index (χ0) is 24.9. The van der Waals surface area contributed by atoms with Crippen molar-refractivity contribution in [3.05, 3.63) is 41.7 Å². The zero-order valence-corrected chi connectivity index (χ0v) is 19.5. The third-order valence-corrected chi connectivity index (χ3v) is 7.25. The van der Waals surface area contributed by atoms with Gasteiger partial charge in [0.05, 0.1) is 12.3 Å². The molecule has 0 spiro atoms. The Morgan fingerprint density at radius 3 is 2.75 bits per heavy atom. The van der Waals surface area contributed by atoms with Crippen LogP contribution in [0.4, 0.5) is 13.2 Å². The van der Waals surface area contributed by atoms with Crippen molar-refractivity contribution in [2.45, 2.75) is 44.3 Å². The van der Waals surface area contributed by atoms with Crippen LogP contribution >= 0.6 is 0 Å². The topological polar surface area (TPSA) is 78.2 Å². The third kappa shape index (κ3) is 4.25. The molecule has 2 aromatic heterocycles. The Labute approximate surface area is 204 Å². The van der Waals surface area contributed by atoms with Gasteiger partial charge in [-0.05, 0) is 63.0 Å². The van der Waals surface area contributed by atoms with Crippen molar-refractivity contribution in [3.63, 3.8) is 0 Å². The molecule has 36 heavy (non-hydrogen) atoms. The van der Waals surface area contributed by atoms with Crippen LogP contribution in [-0.2, 0) is 10.9 Å². The summed E-state index contributed by atoms with van der Waals surface area (Å²) >= 11 is 0. The minimum Gasteiger partial charge on any atom is -0.461 e. The van der Waals surface area contributed by atoms with E-state index in [-0.39, 0.29) is 36.4 Å². The number of hydrogen-bond donors (Lipinski definition) is 0. The monoisotopic (exact) mass is 502 g/mol. The highest BCUT2D eigenvalue weighted by Gasteiger charge is 2.37. The van der Waals surface area contributed by atoms with Crippen LogP contribution in [0.2, 0.25) is 0 Å². The van der Waals surface area contributed by atoms with E-state index < -0.39 is 17.8 Å². The van der Waals surface area contributed by atoms with Crippen LogP contribution in [0.1, 0.15) is 48.3 Å². The number of carbonyl (C=O) groups is 1. The second-order valence-electron chi connectivity index (χ2n) is 9.49. The second kappa shape index (κ2) is 8.95. The van der Waals surface area contributed by atoms with Gasteiger partial charge >= 0.3 is 12.1 Å². The SMILES string of the molecule is O=C(OCC1CCCN2CCCCC12)c1cc2nc(-c3ccc4c(c3)OCO4)cc(C(F)(F)F)n2n1. The number of halogens is 3. The maximum absolute atomic E-state index is 13.9. The van der Waals surface area contributed by atoms with Gasteiger partial charge in [0, 0.05) is 23.6 Å². The molecule has 3 aromatic rings. The van der Waals surface area contributed by atoms with Crippen LogP contribution in [0, 0.1) is 5.92 Å². The molecule has 8 nitrogen and oxygen atoms in total. The number of carbonyl (C=O) groups excluding carboxylic acids is 1. The van der Waals surface area contributed by atoms with E-state index in [2.05, 4.69) is 15.0 Å². The number of rotatable bonds is 4. The standard InChI is InChI=1S/C25H25F3N4O4/c26-25(27,28)22-11-17(15-6-7-20-21(10-15)36-14-35-20)29-23-12-18(30-32(22)23)24(33)34-13-16-4-3-9-31-8-2-1-5-19(16)31/h6-7,10-12,16,19H,1-5,8-9,13-14H2. The summed E-state index contributed by atoms with van der Waals surface area (Å²) < 4.78 is 58.6. The number of hydrogen-bond acceptors (Lipinski definition) is 7. The Balaban J connectivity index is 1.27. The van der Waals surface area contributed by atoms with Crippen LogP contribution in [0.15, 0.2) is 30.3 Å². The van der Waals surface area contributed by atoms with E-state index >= 15 is 0 Å². The van der Waals surface area contributed by atoms with E-state index in [1.807, 2.05) is 0 Å². The smallest absolute Gasteiger partial charge is 0.433 e. The highest BCUT2D eigenvalue weighted by molar-refractivity contribution is 5.88. The maximum atomic E-state index is 13.9. The quantitative estimate of drug-likeness (QED) is 0.484. The van der Waals surface area contributed by atoms with E-state index in [1.54, 1.807) is 18.2 Å². The third-order valence-electron chi connectivity index (χ3n) is 7.25. The van der Waals surface area contributed by atoms with Crippen molar-refractivity contribution in [1.82, 2.24) is 19.5 Å². The van der Waals surface area contributed by atoms with Crippen LogP contribution in [0.25, 0.3) is 16.9 Å². The summed E-state index contributed by atoms with van der Waals surface area (Å²) in [4.78, 5) is 19.6. The average molecular weight is 502 g/mol. The number of piperidine rings is 2. The number of ether oxygens (including phenoxy) is 3. The summed E-state index contributed by atoms with van der Waals surface area (Å²) in [6.07, 6.45) is 0.736. The molecular weight excluding hydrogens is 477 g/mol. The number of nitrogens with zero attached hydrogens (tertiary/aromatic N) is 4. The summed E-state index contributed by atoms with van der Waals surface area (Å²) in [5.74, 6) is 0.423. The molecule has 3 aliphatic rings. The molecule has 0 amide bonds. The first-order valence-electron chi connectivity index (χ1n) is 12.2. The van der Waals surface area contributed by atoms with Gasteiger partial charge < -0.3 is 14.2 Å². The normalized spacial score (nSPS) is 22.0. The molecular formula is C25H25F3N4O4. The molecule has 190 valence electrons. The van der Waals surface area contributed by atoms with Crippen molar-refractivity contribution >= 4 is 11.6 Å². The first kappa shape index (κ1) is 23.1. The fourth-order valence-electron chi connectivity index (χ4n) is 5.51. The molecule has 0 N–H and O–H groups in total. The van der Waals surface area contributed by atoms with Gasteiger partial charge in [0.2, 0.25) is 6.79 Å². The Bertz CT molecular complexity index is 1310. The summed E-state index contributed by atoms with van der Waals surface area (Å²) in [7, 11) is 0. The summed E-state index contributed by atoms with van der Waals surface area (Å²) in [6, 6.07) is 7.34. The first-order valence-corrected chi connectivity index (χ1v) is 12.2. The maximum Gasteiger partial charge on any atom is 0.433 e. The molecule has 2 saturated heterocycles. The predicted octanol–water partition coefficient (Wildman–Crippen LogP) is 4.57. The van der Waals surface area contributed by atoms with Crippen LogP contribution < -0.4 is 9.47 Å². The van der Waals surface area contributed by atoms with Crippen molar-refractivity contribution in [1.29, 1.82) is 0 Å². The van der Waals surface area contributed by atoms with E-state index in [1.165, 1.54) is 12.5 Å². The van der Waals surface area contributed by atoms with E-state index in [0.29, 0.717) is 27.6 Å². The van der Waals surface area contributed by atoms with Crippen LogP contribution in [-0.4, -0.2) is 58.0 Å². The molecule has 0 saturated carbocycles. The molecule has 0 bridgehead atoms. The first-order chi connectivity index (χ1) is 17.4. The average Bonchev–Trinajstić information content (AvgIpc) is 3.52. The number of alkyl halides is 3. The van der Waals surface area contributed by atoms with Gasteiger partial charge in [-0.2, -0.15) is 18.3 Å². The zero-order valence-electron chi connectivity index (χ0n) is 19.5. The minimum absolute atomic E-state index is 0.0484. The van der Waals surface area contributed by atoms with Crippen LogP contribution in [0.5, 0.6) is 11.5 Å². The van der Waals surface area contributed by atoms with Crippen molar-refractivity contribution < 1.29 is 32.2 Å². The van der Waals surface area contributed by atoms with E-state index in [9.17, 15) is 18.0 Å². The molecule has 0 aliphatic carbocycles. The Morgan fingerprint density at radius 1 is 1.06 bits per heavy atom. The van der Waals surface area contributed by atoms with Crippen molar-refractivity contribution in [3.8, 4) is 22.8 Å². The molecule has 6 rings (SSSR count). The van der Waals surface area contributed by atoms with Gasteiger partial charge in [-0.1, -0.05) is 6.42 Å². The summed E-state index contributed by atoms with van der Waals surface area (Å²) in [5.41, 5.74) is -0.837. The summed E-state index contributed by atoms with van der Waals surface area (Å²) in [5, 5.41) is 3.92. The number of fused-ring (bicyclic) bond motifs is 3. The van der Waals surface area contributed by atoms with E-state index in [4.69, 9.17) is 14.2 Å². The molecule has 5 heterocycles. The van der Waals surface area contributed by atoms with Gasteiger partial charge in [-0.3, -0.25) is 4.90 Å². The molecule has 2 fully saturated rings. The summed E-state index contributed by atoms with van der Waals surface area (Å²) in [6.45, 7) is 2.42. The van der Waals surface area contributed by atoms with E-state index in [0.717, 1.165) is 44.8 Å². The Morgan fingerprint density at radius 2 is 1.89 bits per heavy atom. The Kier molecular flexibility index (Phi) is 5.74. The number of benzene rings is 1. The molecule has 11 heteroatoms. The highest BCUT2D eigenvalue weighted by Crippen LogP contribution is 2.38.